The maximum absolute atomic E-state index is 4.61. The summed E-state index contributed by atoms with van der Waals surface area (Å²) < 4.78 is 1.91. The minimum atomic E-state index is 0.424. The van der Waals surface area contributed by atoms with E-state index in [0.29, 0.717) is 11.8 Å². The molecule has 2 heterocycles. The van der Waals surface area contributed by atoms with Crippen LogP contribution < -0.4 is 5.32 Å². The zero-order valence-electron chi connectivity index (χ0n) is 18.4. The molecule has 1 aromatic rings. The number of piperazine rings is 1. The SMILES string of the molecule is CN=C(NCC(C)CN1CCN(C)CC1)N(C)Cc1cn(C)nc1C(C)C. The molecule has 0 aromatic carbocycles. The van der Waals surface area contributed by atoms with E-state index in [9.17, 15) is 0 Å². The van der Waals surface area contributed by atoms with Gasteiger partial charge in [-0.3, -0.25) is 9.67 Å². The van der Waals surface area contributed by atoms with Gasteiger partial charge in [-0.25, -0.2) is 0 Å². The second-order valence-electron chi connectivity index (χ2n) is 8.36. The molecular formula is C20H39N7. The topological polar surface area (TPSA) is 51.9 Å². The van der Waals surface area contributed by atoms with E-state index in [4.69, 9.17) is 0 Å². The third-order valence-corrected chi connectivity index (χ3v) is 5.24. The van der Waals surface area contributed by atoms with Crippen molar-refractivity contribution in [1.82, 2.24) is 29.8 Å². The smallest absolute Gasteiger partial charge is 0.193 e. The molecule has 7 heteroatoms. The Morgan fingerprint density at radius 2 is 1.89 bits per heavy atom. The Hall–Kier alpha value is -1.60. The number of aliphatic imine (C=N–C) groups is 1. The molecule has 1 aliphatic rings. The predicted octanol–water partition coefficient (Wildman–Crippen LogP) is 1.43. The van der Waals surface area contributed by atoms with Gasteiger partial charge in [0.2, 0.25) is 0 Å². The Balaban J connectivity index is 1.84. The van der Waals surface area contributed by atoms with Crippen molar-refractivity contribution in [3.63, 3.8) is 0 Å². The van der Waals surface area contributed by atoms with Crippen molar-refractivity contribution in [1.29, 1.82) is 0 Å². The highest BCUT2D eigenvalue weighted by molar-refractivity contribution is 5.79. The highest BCUT2D eigenvalue weighted by Crippen LogP contribution is 2.18. The molecule has 0 saturated carbocycles. The maximum Gasteiger partial charge on any atom is 0.193 e. The average molecular weight is 378 g/mol. The summed E-state index contributed by atoms with van der Waals surface area (Å²) in [6.07, 6.45) is 2.12. The number of aryl methyl sites for hydroxylation is 1. The molecule has 1 atom stereocenters. The summed E-state index contributed by atoms with van der Waals surface area (Å²) in [5, 5.41) is 8.17. The minimum absolute atomic E-state index is 0.424. The molecule has 2 rings (SSSR count). The van der Waals surface area contributed by atoms with Crippen LogP contribution in [0.4, 0.5) is 0 Å². The Labute approximate surface area is 165 Å². The normalized spacial score (nSPS) is 18.1. The summed E-state index contributed by atoms with van der Waals surface area (Å²) in [5.74, 6) is 1.95. The first-order chi connectivity index (χ1) is 12.8. The molecule has 1 aromatic heterocycles. The molecule has 0 radical (unpaired) electrons. The summed E-state index contributed by atoms with van der Waals surface area (Å²) in [5.41, 5.74) is 2.44. The third-order valence-electron chi connectivity index (χ3n) is 5.24. The van der Waals surface area contributed by atoms with Crippen LogP contribution in [0.5, 0.6) is 0 Å². The number of nitrogens with one attached hydrogen (secondary N) is 1. The van der Waals surface area contributed by atoms with Gasteiger partial charge in [0.1, 0.15) is 0 Å². The fourth-order valence-electron chi connectivity index (χ4n) is 3.68. The Bertz CT molecular complexity index is 599. The van der Waals surface area contributed by atoms with Crippen LogP contribution in [0.25, 0.3) is 0 Å². The number of hydrogen-bond acceptors (Lipinski definition) is 4. The summed E-state index contributed by atoms with van der Waals surface area (Å²) in [6.45, 7) is 14.3. The Kier molecular flexibility index (Phi) is 8.10. The Morgan fingerprint density at radius 3 is 2.48 bits per heavy atom. The number of nitrogens with zero attached hydrogens (tertiary/aromatic N) is 6. The van der Waals surface area contributed by atoms with Gasteiger partial charge in [-0.2, -0.15) is 5.10 Å². The molecule has 7 nitrogen and oxygen atoms in total. The molecule has 1 N–H and O–H groups in total. The highest BCUT2D eigenvalue weighted by Gasteiger charge is 2.18. The van der Waals surface area contributed by atoms with Crippen LogP contribution in [0.3, 0.4) is 0 Å². The number of guanidine groups is 1. The van der Waals surface area contributed by atoms with Crippen LogP contribution in [0, 0.1) is 5.92 Å². The van der Waals surface area contributed by atoms with Crippen LogP contribution in [-0.2, 0) is 13.6 Å². The van der Waals surface area contributed by atoms with E-state index in [-0.39, 0.29) is 0 Å². The standard InChI is InChI=1S/C20H39N7/c1-16(2)19-18(15-26(7)23-19)14-25(6)20(21-4)22-12-17(3)13-27-10-8-24(5)9-11-27/h15-17H,8-14H2,1-7H3,(H,21,22). The van der Waals surface area contributed by atoms with Crippen molar-refractivity contribution < 1.29 is 0 Å². The quantitative estimate of drug-likeness (QED) is 0.576. The van der Waals surface area contributed by atoms with Crippen molar-refractivity contribution >= 4 is 5.96 Å². The van der Waals surface area contributed by atoms with Crippen molar-refractivity contribution in [2.24, 2.45) is 18.0 Å². The lowest BCUT2D eigenvalue weighted by molar-refractivity contribution is 0.139. The second-order valence-corrected chi connectivity index (χ2v) is 8.36. The Morgan fingerprint density at radius 1 is 1.22 bits per heavy atom. The number of rotatable bonds is 7. The van der Waals surface area contributed by atoms with E-state index in [2.05, 4.69) is 71.2 Å². The number of hydrogen-bond donors (Lipinski definition) is 1. The van der Waals surface area contributed by atoms with Gasteiger partial charge in [0.05, 0.1) is 5.69 Å². The summed E-state index contributed by atoms with van der Waals surface area (Å²) >= 11 is 0. The largest absolute Gasteiger partial charge is 0.356 e. The van der Waals surface area contributed by atoms with E-state index < -0.39 is 0 Å². The number of likely N-dealkylation sites (N-methyl/N-ethyl adjacent to an activating group) is 1. The van der Waals surface area contributed by atoms with E-state index in [1.54, 1.807) is 0 Å². The van der Waals surface area contributed by atoms with Crippen molar-refractivity contribution in [3.8, 4) is 0 Å². The first-order valence-corrected chi connectivity index (χ1v) is 10.1. The van der Waals surface area contributed by atoms with Gasteiger partial charge in [0.25, 0.3) is 0 Å². The molecule has 0 amide bonds. The molecule has 1 saturated heterocycles. The summed E-state index contributed by atoms with van der Waals surface area (Å²) in [6, 6.07) is 0. The summed E-state index contributed by atoms with van der Waals surface area (Å²) in [4.78, 5) is 11.6. The molecule has 1 aliphatic heterocycles. The van der Waals surface area contributed by atoms with E-state index in [1.807, 2.05) is 18.8 Å². The van der Waals surface area contributed by atoms with Gasteiger partial charge in [0, 0.05) is 78.7 Å². The van der Waals surface area contributed by atoms with Crippen molar-refractivity contribution in [2.75, 3.05) is 60.4 Å². The maximum atomic E-state index is 4.61. The van der Waals surface area contributed by atoms with Gasteiger partial charge in [-0.15, -0.1) is 0 Å². The monoisotopic (exact) mass is 377 g/mol. The third kappa shape index (κ3) is 6.50. The molecule has 1 fully saturated rings. The van der Waals surface area contributed by atoms with Crippen LogP contribution in [-0.4, -0.2) is 90.9 Å². The molecule has 0 bridgehead atoms. The van der Waals surface area contributed by atoms with E-state index in [0.717, 1.165) is 25.6 Å². The number of aromatic nitrogens is 2. The van der Waals surface area contributed by atoms with Crippen molar-refractivity contribution in [3.05, 3.63) is 17.5 Å². The highest BCUT2D eigenvalue weighted by atomic mass is 15.3. The van der Waals surface area contributed by atoms with Gasteiger partial charge >= 0.3 is 0 Å². The zero-order valence-corrected chi connectivity index (χ0v) is 18.4. The zero-order chi connectivity index (χ0) is 20.0. The minimum Gasteiger partial charge on any atom is -0.356 e. The molecule has 0 aliphatic carbocycles. The second kappa shape index (κ2) is 10.1. The summed E-state index contributed by atoms with van der Waals surface area (Å²) in [7, 11) is 8.14. The molecule has 27 heavy (non-hydrogen) atoms. The molecular weight excluding hydrogens is 338 g/mol. The van der Waals surface area contributed by atoms with Gasteiger partial charge in [-0.1, -0.05) is 20.8 Å². The van der Waals surface area contributed by atoms with Gasteiger partial charge < -0.3 is 20.0 Å². The first kappa shape index (κ1) is 21.7. The van der Waals surface area contributed by atoms with E-state index >= 15 is 0 Å². The first-order valence-electron chi connectivity index (χ1n) is 10.1. The van der Waals surface area contributed by atoms with Crippen molar-refractivity contribution in [2.45, 2.75) is 33.2 Å². The van der Waals surface area contributed by atoms with E-state index in [1.165, 1.54) is 37.4 Å². The van der Waals surface area contributed by atoms with Crippen LogP contribution in [0.1, 0.15) is 37.9 Å². The fraction of sp³-hybridized carbons (Fsp3) is 0.800. The fourth-order valence-corrected chi connectivity index (χ4v) is 3.68. The lowest BCUT2D eigenvalue weighted by Gasteiger charge is -2.34. The molecule has 1 unspecified atom stereocenters. The predicted molar refractivity (Wildman–Crippen MR) is 113 cm³/mol. The van der Waals surface area contributed by atoms with Gasteiger partial charge in [0.15, 0.2) is 5.96 Å². The molecule has 154 valence electrons. The van der Waals surface area contributed by atoms with Crippen LogP contribution in [0.15, 0.2) is 11.2 Å². The van der Waals surface area contributed by atoms with Crippen LogP contribution >= 0.6 is 0 Å². The molecule has 0 spiro atoms. The van der Waals surface area contributed by atoms with Crippen LogP contribution in [0.2, 0.25) is 0 Å². The lowest BCUT2D eigenvalue weighted by atomic mass is 10.1. The average Bonchev–Trinajstić information content (AvgIpc) is 2.98. The lowest BCUT2D eigenvalue weighted by Crippen LogP contribution is -2.47. The van der Waals surface area contributed by atoms with Gasteiger partial charge in [-0.05, 0) is 18.9 Å².